The first-order valence-electron chi connectivity index (χ1n) is 8.62. The average molecular weight is 475 g/mol. The average Bonchev–Trinajstić information content (AvgIpc) is 3.29. The highest BCUT2D eigenvalue weighted by Crippen LogP contribution is 2.37. The van der Waals surface area contributed by atoms with Crippen LogP contribution < -0.4 is 10.6 Å². The van der Waals surface area contributed by atoms with Gasteiger partial charge in [0.15, 0.2) is 5.13 Å². The molecule has 1 amide bonds. The number of aliphatic hydroxyl groups is 1. The van der Waals surface area contributed by atoms with Gasteiger partial charge in [0, 0.05) is 16.8 Å². The van der Waals surface area contributed by atoms with Gasteiger partial charge in [0.2, 0.25) is 5.91 Å². The number of carbonyl (C=O) groups is 1. The lowest BCUT2D eigenvalue weighted by atomic mass is 10.1. The number of amides is 1. The van der Waals surface area contributed by atoms with Crippen molar-refractivity contribution in [1.82, 2.24) is 15.3 Å². The van der Waals surface area contributed by atoms with E-state index in [1.54, 1.807) is 12.4 Å². The fraction of sp³-hybridized carbons (Fsp3) is 0.278. The lowest BCUT2D eigenvalue weighted by molar-refractivity contribution is -0.115. The van der Waals surface area contributed by atoms with Gasteiger partial charge in [-0.1, -0.05) is 12.1 Å². The minimum Gasteiger partial charge on any atom is -0.389 e. The molecule has 0 spiro atoms. The van der Waals surface area contributed by atoms with Gasteiger partial charge in [-0.15, -0.1) is 22.7 Å². The number of halogens is 3. The zero-order valence-corrected chi connectivity index (χ0v) is 18.1. The van der Waals surface area contributed by atoms with Gasteiger partial charge < -0.3 is 15.7 Å². The molecule has 3 aromatic rings. The van der Waals surface area contributed by atoms with Crippen molar-refractivity contribution in [3.63, 3.8) is 0 Å². The molecule has 12 heteroatoms. The molecular weight excluding hydrogens is 457 g/mol. The predicted octanol–water partition coefficient (Wildman–Crippen LogP) is 4.27. The Morgan fingerprint density at radius 3 is 2.60 bits per heavy atom. The smallest absolute Gasteiger partial charge is 0.389 e. The van der Waals surface area contributed by atoms with Crippen molar-refractivity contribution in [3.8, 4) is 10.6 Å². The Labute approximate surface area is 182 Å². The number of hydrogen-bond donors (Lipinski definition) is 3. The zero-order valence-electron chi connectivity index (χ0n) is 15.6. The third-order valence-corrected chi connectivity index (χ3v) is 6.33. The molecule has 160 valence electrons. The second-order valence-electron chi connectivity index (χ2n) is 6.03. The zero-order chi connectivity index (χ0) is 21.7. The highest BCUT2D eigenvalue weighted by atomic mass is 32.2. The molecule has 0 aliphatic heterocycles. The molecule has 3 rings (SSSR count). The van der Waals surface area contributed by atoms with Crippen molar-refractivity contribution in [3.05, 3.63) is 45.9 Å². The van der Waals surface area contributed by atoms with E-state index in [1.807, 2.05) is 0 Å². The summed E-state index contributed by atoms with van der Waals surface area (Å²) in [5, 5.41) is 17.8. The summed E-state index contributed by atoms with van der Waals surface area (Å²) >= 11 is 2.41. The first-order chi connectivity index (χ1) is 14.3. The van der Waals surface area contributed by atoms with Crippen LogP contribution in [0.3, 0.4) is 0 Å². The number of thiazole rings is 2. The molecule has 30 heavy (non-hydrogen) atoms. The Balaban J connectivity index is 1.63. The van der Waals surface area contributed by atoms with Crippen LogP contribution in [-0.2, 0) is 24.4 Å². The Kier molecular flexibility index (Phi) is 7.47. The molecule has 0 bridgehead atoms. The van der Waals surface area contributed by atoms with E-state index in [-0.39, 0.29) is 35.6 Å². The summed E-state index contributed by atoms with van der Waals surface area (Å²) in [6, 6.07) is 5.68. The van der Waals surface area contributed by atoms with E-state index in [4.69, 9.17) is 0 Å². The number of anilines is 1. The molecular formula is C18H17F3N4O2S3. The maximum absolute atomic E-state index is 12.4. The van der Waals surface area contributed by atoms with Crippen LogP contribution in [0.5, 0.6) is 0 Å². The molecule has 0 fully saturated rings. The van der Waals surface area contributed by atoms with Crippen LogP contribution >= 0.6 is 34.4 Å². The van der Waals surface area contributed by atoms with Gasteiger partial charge in [-0.2, -0.15) is 13.2 Å². The molecule has 0 aliphatic rings. The summed E-state index contributed by atoms with van der Waals surface area (Å²) in [4.78, 5) is 22.0. The van der Waals surface area contributed by atoms with Crippen LogP contribution in [0.1, 0.15) is 16.3 Å². The minimum atomic E-state index is -4.34. The minimum absolute atomic E-state index is 0.0199. The predicted molar refractivity (Wildman–Crippen MR) is 113 cm³/mol. The lowest BCUT2D eigenvalue weighted by Gasteiger charge is -2.06. The van der Waals surface area contributed by atoms with Gasteiger partial charge >= 0.3 is 5.51 Å². The fourth-order valence-corrected chi connectivity index (χ4v) is 4.78. The SMILES string of the molecule is CNCc1nc(CO)sc1-c1csc(NC(=O)Cc2ccc(SC(F)(F)F)cc2)n1. The summed E-state index contributed by atoms with van der Waals surface area (Å²) in [5.74, 6) is -0.317. The topological polar surface area (TPSA) is 87.1 Å². The maximum atomic E-state index is 12.4. The van der Waals surface area contributed by atoms with Crippen LogP contribution in [0, 0.1) is 0 Å². The van der Waals surface area contributed by atoms with Crippen molar-refractivity contribution >= 4 is 45.5 Å². The summed E-state index contributed by atoms with van der Waals surface area (Å²) in [7, 11) is 1.79. The molecule has 0 saturated heterocycles. The third kappa shape index (κ3) is 6.25. The summed E-state index contributed by atoms with van der Waals surface area (Å²) in [6.07, 6.45) is 0.0199. The Morgan fingerprint density at radius 1 is 1.23 bits per heavy atom. The number of carbonyl (C=O) groups excluding carboxylic acids is 1. The molecule has 0 atom stereocenters. The molecule has 3 N–H and O–H groups in total. The number of benzene rings is 1. The van der Waals surface area contributed by atoms with Crippen molar-refractivity contribution in [1.29, 1.82) is 0 Å². The molecule has 2 heterocycles. The molecule has 0 radical (unpaired) electrons. The van der Waals surface area contributed by atoms with Crippen molar-refractivity contribution < 1.29 is 23.1 Å². The van der Waals surface area contributed by atoms with Crippen molar-refractivity contribution in [2.45, 2.75) is 30.0 Å². The summed E-state index contributed by atoms with van der Waals surface area (Å²) in [6.45, 7) is 0.364. The van der Waals surface area contributed by atoms with Gasteiger partial charge in [-0.3, -0.25) is 4.79 Å². The molecule has 0 aliphatic carbocycles. The monoisotopic (exact) mass is 474 g/mol. The van der Waals surface area contributed by atoms with Gasteiger partial charge in [0.1, 0.15) is 5.01 Å². The molecule has 0 saturated carbocycles. The normalized spacial score (nSPS) is 11.6. The van der Waals surface area contributed by atoms with Crippen LogP contribution in [0.15, 0.2) is 34.5 Å². The van der Waals surface area contributed by atoms with E-state index in [1.165, 1.54) is 46.9 Å². The fourth-order valence-electron chi connectivity index (χ4n) is 2.55. The van der Waals surface area contributed by atoms with Crippen LogP contribution in [0.25, 0.3) is 10.6 Å². The Bertz CT molecular complexity index is 1000. The van der Waals surface area contributed by atoms with E-state index in [9.17, 15) is 23.1 Å². The summed E-state index contributed by atoms with van der Waals surface area (Å²) in [5.41, 5.74) is -2.31. The number of nitrogens with one attached hydrogen (secondary N) is 2. The second-order valence-corrected chi connectivity index (χ2v) is 9.11. The molecule has 1 aromatic carbocycles. The maximum Gasteiger partial charge on any atom is 0.446 e. The second kappa shape index (κ2) is 9.88. The van der Waals surface area contributed by atoms with E-state index in [2.05, 4.69) is 20.6 Å². The summed E-state index contributed by atoms with van der Waals surface area (Å²) < 4.78 is 37.1. The van der Waals surface area contributed by atoms with Crippen LogP contribution in [0.4, 0.5) is 18.3 Å². The lowest BCUT2D eigenvalue weighted by Crippen LogP contribution is -2.14. The highest BCUT2D eigenvalue weighted by Gasteiger charge is 2.29. The Morgan fingerprint density at radius 2 is 1.97 bits per heavy atom. The Hall–Kier alpha value is -1.99. The highest BCUT2D eigenvalue weighted by molar-refractivity contribution is 8.00. The third-order valence-electron chi connectivity index (χ3n) is 3.73. The number of alkyl halides is 3. The molecule has 2 aromatic heterocycles. The first-order valence-corrected chi connectivity index (χ1v) is 11.1. The number of aromatic nitrogens is 2. The van der Waals surface area contributed by atoms with Gasteiger partial charge in [0.25, 0.3) is 0 Å². The number of aliphatic hydroxyl groups excluding tert-OH is 1. The van der Waals surface area contributed by atoms with E-state index < -0.39 is 5.51 Å². The largest absolute Gasteiger partial charge is 0.446 e. The van der Waals surface area contributed by atoms with E-state index in [0.29, 0.717) is 27.9 Å². The number of thioether (sulfide) groups is 1. The standard InChI is InChI=1S/C18H17F3N4O2S3/c1-22-7-12-16(29-15(8-26)23-12)13-9-28-17(24-13)25-14(27)6-10-2-4-11(5-3-10)30-18(19,20)21/h2-5,9,22,26H,6-8H2,1H3,(H,24,25,27). The molecule has 0 unspecified atom stereocenters. The van der Waals surface area contributed by atoms with Crippen molar-refractivity contribution in [2.75, 3.05) is 12.4 Å². The van der Waals surface area contributed by atoms with Crippen molar-refractivity contribution in [2.24, 2.45) is 0 Å². The van der Waals surface area contributed by atoms with Crippen LogP contribution in [-0.4, -0.2) is 33.5 Å². The van der Waals surface area contributed by atoms with Crippen LogP contribution in [0.2, 0.25) is 0 Å². The van der Waals surface area contributed by atoms with E-state index >= 15 is 0 Å². The molecule has 6 nitrogen and oxygen atoms in total. The van der Waals surface area contributed by atoms with Gasteiger partial charge in [0.05, 0.1) is 29.3 Å². The first kappa shape index (κ1) is 22.7. The number of rotatable bonds is 8. The number of hydrogen-bond acceptors (Lipinski definition) is 8. The van der Waals surface area contributed by atoms with Gasteiger partial charge in [-0.25, -0.2) is 9.97 Å². The van der Waals surface area contributed by atoms with E-state index in [0.717, 1.165) is 10.6 Å². The van der Waals surface area contributed by atoms with Gasteiger partial charge in [-0.05, 0) is 36.5 Å². The number of nitrogens with zero attached hydrogens (tertiary/aromatic N) is 2. The quantitative estimate of drug-likeness (QED) is 0.423.